The molecule has 264 valence electrons. The Morgan fingerprint density at radius 1 is 1.02 bits per heavy atom. The Labute approximate surface area is 297 Å². The minimum absolute atomic E-state index is 0.0971. The van der Waals surface area contributed by atoms with Crippen molar-refractivity contribution in [3.8, 4) is 11.5 Å². The number of nitrogens with zero attached hydrogens (tertiary/aromatic N) is 6. The van der Waals surface area contributed by atoms with Crippen molar-refractivity contribution in [1.29, 1.82) is 0 Å². The van der Waals surface area contributed by atoms with E-state index in [0.29, 0.717) is 22.6 Å². The topological polar surface area (TPSA) is 139 Å². The third-order valence-electron chi connectivity index (χ3n) is 8.89. The van der Waals surface area contributed by atoms with Crippen LogP contribution in [0.5, 0.6) is 11.5 Å². The van der Waals surface area contributed by atoms with Gasteiger partial charge in [0.05, 0.1) is 25.6 Å². The highest BCUT2D eigenvalue weighted by Gasteiger charge is 2.43. The number of methoxy groups -OCH3 is 2. The molecule has 0 radical (unpaired) electrons. The molecular weight excluding hydrogens is 671 g/mol. The first kappa shape index (κ1) is 36.1. The van der Waals surface area contributed by atoms with Crippen molar-refractivity contribution in [3.05, 3.63) is 46.7 Å². The molecule has 15 heteroatoms. The number of likely N-dealkylation sites (tertiary alicyclic amines) is 1. The molecule has 0 saturated carbocycles. The van der Waals surface area contributed by atoms with Crippen LogP contribution in [-0.2, 0) is 4.74 Å². The molecule has 49 heavy (non-hydrogen) atoms. The molecule has 0 aliphatic carbocycles. The molecule has 2 aromatic carbocycles. The Bertz CT molecular complexity index is 1690. The van der Waals surface area contributed by atoms with Crippen LogP contribution < -0.4 is 35.2 Å². The number of urea groups is 1. The maximum absolute atomic E-state index is 14.1. The molecule has 2 fully saturated rings. The molecule has 13 nitrogen and oxygen atoms in total. The number of amides is 3. The number of hydrogen-bond acceptors (Lipinski definition) is 11. The zero-order valence-electron chi connectivity index (χ0n) is 29.0. The number of aromatic nitrogens is 2. The standard InChI is InChI=1S/C34H44Cl2N8O5/c1-8-42-13-11-34(18-42)12-14-43(19-34)21-9-10-23(22(37)15-21)40-26-17-27(39-20-38-26)41(5)31(45)44(32(46)49-33(2,3)4)30-28(35)24(47-6)16-25(48-7)29(30)36/h9-10,15-17,20H,8,11-14,18-19,37H2,1-7H3,(H,38,39,40). The molecule has 1 aromatic heterocycles. The van der Waals surface area contributed by atoms with E-state index in [2.05, 4.69) is 38.1 Å². The van der Waals surface area contributed by atoms with Gasteiger partial charge in [0, 0.05) is 49.9 Å². The summed E-state index contributed by atoms with van der Waals surface area (Å²) in [5.41, 5.74) is 8.02. The lowest BCUT2D eigenvalue weighted by Gasteiger charge is -2.30. The highest BCUT2D eigenvalue weighted by Crippen LogP contribution is 2.47. The normalized spacial score (nSPS) is 17.7. The van der Waals surface area contributed by atoms with Gasteiger partial charge in [0.25, 0.3) is 0 Å². The number of nitrogen functional groups attached to an aromatic ring is 1. The summed E-state index contributed by atoms with van der Waals surface area (Å²) >= 11 is 13.3. The average molecular weight is 716 g/mol. The second kappa shape index (κ2) is 14.3. The molecule has 2 saturated heterocycles. The number of anilines is 6. The van der Waals surface area contributed by atoms with Gasteiger partial charge >= 0.3 is 12.1 Å². The third kappa shape index (κ3) is 7.68. The van der Waals surface area contributed by atoms with E-state index in [0.717, 1.165) is 48.2 Å². The summed E-state index contributed by atoms with van der Waals surface area (Å²) in [6.07, 6.45) is 2.67. The number of nitrogens with one attached hydrogen (secondary N) is 1. The molecule has 3 aromatic rings. The Morgan fingerprint density at radius 3 is 2.29 bits per heavy atom. The zero-order valence-corrected chi connectivity index (χ0v) is 30.5. The first-order valence-electron chi connectivity index (χ1n) is 16.1. The van der Waals surface area contributed by atoms with E-state index in [1.54, 1.807) is 26.8 Å². The quantitative estimate of drug-likeness (QED) is 0.232. The Balaban J connectivity index is 1.38. The molecule has 0 bridgehead atoms. The SMILES string of the molecule is CCN1CCC2(CCN(c3ccc(Nc4cc(N(C)C(=O)N(C(=O)OC(C)(C)C)c5c(Cl)c(OC)cc(OC)c5Cl)ncn4)c(N)c3)C2)C1. The minimum Gasteiger partial charge on any atom is -0.495 e. The predicted octanol–water partition coefficient (Wildman–Crippen LogP) is 7.05. The summed E-state index contributed by atoms with van der Waals surface area (Å²) in [4.78, 5) is 43.2. The lowest BCUT2D eigenvalue weighted by atomic mass is 9.86. The van der Waals surface area contributed by atoms with Gasteiger partial charge in [0.2, 0.25) is 0 Å². The summed E-state index contributed by atoms with van der Waals surface area (Å²) in [5, 5.41) is 3.04. The molecular formula is C34H44Cl2N8O5. The van der Waals surface area contributed by atoms with Crippen LogP contribution in [0.1, 0.15) is 40.5 Å². The van der Waals surface area contributed by atoms with Crippen LogP contribution in [0.2, 0.25) is 10.0 Å². The first-order valence-corrected chi connectivity index (χ1v) is 16.8. The molecule has 3 N–H and O–H groups in total. The number of benzene rings is 2. The van der Waals surface area contributed by atoms with Crippen LogP contribution in [-0.4, -0.2) is 86.6 Å². The predicted molar refractivity (Wildman–Crippen MR) is 194 cm³/mol. The van der Waals surface area contributed by atoms with E-state index in [1.165, 1.54) is 46.5 Å². The van der Waals surface area contributed by atoms with E-state index in [-0.39, 0.29) is 33.0 Å². The number of hydrogen-bond donors (Lipinski definition) is 2. The van der Waals surface area contributed by atoms with Gasteiger partial charge < -0.3 is 35.1 Å². The molecule has 2 aliphatic heterocycles. The fraction of sp³-hybridized carbons (Fsp3) is 0.471. The molecule has 5 rings (SSSR count). The van der Waals surface area contributed by atoms with E-state index >= 15 is 0 Å². The number of imide groups is 1. The van der Waals surface area contributed by atoms with Gasteiger partial charge in [-0.3, -0.25) is 4.90 Å². The Hall–Kier alpha value is -4.20. The van der Waals surface area contributed by atoms with Gasteiger partial charge in [0.15, 0.2) is 0 Å². The first-order chi connectivity index (χ1) is 23.2. The van der Waals surface area contributed by atoms with Crippen molar-refractivity contribution in [2.75, 3.05) is 79.7 Å². The van der Waals surface area contributed by atoms with Gasteiger partial charge in [-0.1, -0.05) is 30.1 Å². The van der Waals surface area contributed by atoms with Crippen molar-refractivity contribution >= 4 is 69.7 Å². The van der Waals surface area contributed by atoms with Crippen molar-refractivity contribution in [1.82, 2.24) is 14.9 Å². The van der Waals surface area contributed by atoms with Crippen molar-refractivity contribution in [2.45, 2.75) is 46.1 Å². The van der Waals surface area contributed by atoms with E-state index < -0.39 is 17.7 Å². The highest BCUT2D eigenvalue weighted by atomic mass is 35.5. The fourth-order valence-corrected chi connectivity index (χ4v) is 6.94. The summed E-state index contributed by atoms with van der Waals surface area (Å²) in [5.74, 6) is 0.793. The van der Waals surface area contributed by atoms with Crippen LogP contribution in [0, 0.1) is 5.41 Å². The fourth-order valence-electron chi connectivity index (χ4n) is 6.27. The number of halogens is 2. The van der Waals surface area contributed by atoms with E-state index in [1.807, 2.05) is 12.1 Å². The maximum Gasteiger partial charge on any atom is 0.423 e. The summed E-state index contributed by atoms with van der Waals surface area (Å²) in [6.45, 7) is 12.6. The van der Waals surface area contributed by atoms with Crippen LogP contribution in [0.15, 0.2) is 36.7 Å². The van der Waals surface area contributed by atoms with E-state index in [4.69, 9.17) is 43.1 Å². The van der Waals surface area contributed by atoms with Gasteiger partial charge in [-0.05, 0) is 64.9 Å². The lowest BCUT2D eigenvalue weighted by molar-refractivity contribution is 0.0594. The van der Waals surface area contributed by atoms with Gasteiger partial charge in [-0.25, -0.2) is 19.6 Å². The summed E-state index contributed by atoms with van der Waals surface area (Å²) in [7, 11) is 4.22. The van der Waals surface area contributed by atoms with Crippen LogP contribution in [0.4, 0.5) is 44.0 Å². The highest BCUT2D eigenvalue weighted by molar-refractivity contribution is 6.43. The Morgan fingerprint density at radius 2 is 1.69 bits per heavy atom. The van der Waals surface area contributed by atoms with Crippen molar-refractivity contribution in [3.63, 3.8) is 0 Å². The van der Waals surface area contributed by atoms with Gasteiger partial charge in [-0.2, -0.15) is 4.90 Å². The lowest BCUT2D eigenvalue weighted by Crippen LogP contribution is -2.47. The molecule has 3 amide bonds. The zero-order chi connectivity index (χ0) is 35.7. The number of nitrogens with two attached hydrogens (primary N) is 1. The molecule has 1 unspecified atom stereocenters. The summed E-state index contributed by atoms with van der Waals surface area (Å²) < 4.78 is 16.3. The second-order valence-electron chi connectivity index (χ2n) is 13.4. The maximum atomic E-state index is 14.1. The third-order valence-corrected chi connectivity index (χ3v) is 9.62. The number of ether oxygens (including phenoxy) is 3. The smallest absolute Gasteiger partial charge is 0.423 e. The largest absolute Gasteiger partial charge is 0.495 e. The van der Waals surface area contributed by atoms with Crippen LogP contribution in [0.25, 0.3) is 0 Å². The molecule has 3 heterocycles. The van der Waals surface area contributed by atoms with Crippen LogP contribution >= 0.6 is 23.2 Å². The molecule has 1 atom stereocenters. The van der Waals surface area contributed by atoms with E-state index in [9.17, 15) is 9.59 Å². The van der Waals surface area contributed by atoms with Crippen molar-refractivity contribution in [2.24, 2.45) is 5.41 Å². The van der Waals surface area contributed by atoms with Gasteiger partial charge in [-0.15, -0.1) is 0 Å². The molecule has 2 aliphatic rings. The molecule has 1 spiro atoms. The second-order valence-corrected chi connectivity index (χ2v) is 14.1. The summed E-state index contributed by atoms with van der Waals surface area (Å²) in [6, 6.07) is 8.08. The van der Waals surface area contributed by atoms with Crippen molar-refractivity contribution < 1.29 is 23.8 Å². The number of rotatable bonds is 8. The minimum atomic E-state index is -1.02. The Kier molecular flexibility index (Phi) is 10.6. The number of carbonyl (C=O) groups is 2. The monoisotopic (exact) mass is 714 g/mol. The number of carbonyl (C=O) groups excluding carboxylic acids is 2. The van der Waals surface area contributed by atoms with Crippen LogP contribution in [0.3, 0.4) is 0 Å². The average Bonchev–Trinajstić information content (AvgIpc) is 3.68. The van der Waals surface area contributed by atoms with Gasteiger partial charge in [0.1, 0.15) is 50.8 Å².